The van der Waals surface area contributed by atoms with Gasteiger partial charge in [-0.25, -0.2) is 0 Å². The minimum absolute atomic E-state index is 0.0118. The fraction of sp³-hybridized carbons (Fsp3) is 0.391. The van der Waals surface area contributed by atoms with E-state index in [-0.39, 0.29) is 29.5 Å². The molecular formula is C23H30N2O4S. The van der Waals surface area contributed by atoms with Crippen molar-refractivity contribution in [2.75, 3.05) is 14.2 Å². The highest BCUT2D eigenvalue weighted by atomic mass is 32.1. The highest BCUT2D eigenvalue weighted by Gasteiger charge is 2.23. The number of amides is 2. The van der Waals surface area contributed by atoms with E-state index in [9.17, 15) is 9.59 Å². The Morgan fingerprint density at radius 1 is 1.00 bits per heavy atom. The molecule has 1 aromatic carbocycles. The molecule has 0 radical (unpaired) electrons. The van der Waals surface area contributed by atoms with Gasteiger partial charge in [-0.05, 0) is 47.6 Å². The van der Waals surface area contributed by atoms with Crippen molar-refractivity contribution in [1.29, 1.82) is 0 Å². The number of hydrogen-bond acceptors (Lipinski definition) is 5. The molecule has 2 amide bonds. The smallest absolute Gasteiger partial charge is 0.268 e. The maximum absolute atomic E-state index is 13.0. The molecule has 0 atom stereocenters. The van der Waals surface area contributed by atoms with Gasteiger partial charge in [0, 0.05) is 16.5 Å². The Balaban J connectivity index is 2.30. The summed E-state index contributed by atoms with van der Waals surface area (Å²) in [6.07, 6.45) is 1.69. The molecule has 0 saturated carbocycles. The Hall–Kier alpha value is -2.80. The van der Waals surface area contributed by atoms with Gasteiger partial charge in [0.05, 0.1) is 14.2 Å². The molecule has 0 bridgehead atoms. The van der Waals surface area contributed by atoms with E-state index in [1.54, 1.807) is 24.3 Å². The van der Waals surface area contributed by atoms with E-state index in [4.69, 9.17) is 9.47 Å². The molecule has 2 rings (SSSR count). The maximum Gasteiger partial charge on any atom is 0.268 e. The van der Waals surface area contributed by atoms with Gasteiger partial charge < -0.3 is 20.1 Å². The molecule has 162 valence electrons. The number of ether oxygens (including phenoxy) is 2. The van der Waals surface area contributed by atoms with Gasteiger partial charge >= 0.3 is 0 Å². The quantitative estimate of drug-likeness (QED) is 0.581. The van der Waals surface area contributed by atoms with Gasteiger partial charge in [-0.3, -0.25) is 9.59 Å². The van der Waals surface area contributed by atoms with Gasteiger partial charge in [-0.15, -0.1) is 11.3 Å². The number of methoxy groups -OCH3 is 2. The zero-order valence-electron chi connectivity index (χ0n) is 18.3. The van der Waals surface area contributed by atoms with Crippen molar-refractivity contribution in [2.45, 2.75) is 33.7 Å². The number of nitrogens with one attached hydrogen (secondary N) is 2. The summed E-state index contributed by atoms with van der Waals surface area (Å²) in [5.41, 5.74) is 0.560. The Labute approximate surface area is 182 Å². The fourth-order valence-electron chi connectivity index (χ4n) is 3.18. The summed E-state index contributed by atoms with van der Waals surface area (Å²) in [5.74, 6) is 0.775. The first-order chi connectivity index (χ1) is 14.3. The van der Waals surface area contributed by atoms with Gasteiger partial charge in [-0.1, -0.05) is 33.8 Å². The molecule has 2 aromatic rings. The normalized spacial score (nSPS) is 11.7. The monoisotopic (exact) mass is 430 g/mol. The molecule has 30 heavy (non-hydrogen) atoms. The third-order valence-corrected chi connectivity index (χ3v) is 5.52. The van der Waals surface area contributed by atoms with Crippen molar-refractivity contribution >= 4 is 29.2 Å². The van der Waals surface area contributed by atoms with Crippen molar-refractivity contribution in [3.05, 3.63) is 51.8 Å². The zero-order chi connectivity index (χ0) is 22.3. The largest absolute Gasteiger partial charge is 0.493 e. The van der Waals surface area contributed by atoms with E-state index < -0.39 is 5.91 Å². The van der Waals surface area contributed by atoms with Crippen LogP contribution in [0.5, 0.6) is 11.5 Å². The molecule has 0 aliphatic rings. The summed E-state index contributed by atoms with van der Waals surface area (Å²) in [5, 5.41) is 7.75. The van der Waals surface area contributed by atoms with E-state index in [0.29, 0.717) is 17.1 Å². The minimum Gasteiger partial charge on any atom is -0.493 e. The number of benzene rings is 1. The first-order valence-electron chi connectivity index (χ1n) is 9.86. The van der Waals surface area contributed by atoms with Crippen molar-refractivity contribution in [1.82, 2.24) is 10.6 Å². The van der Waals surface area contributed by atoms with Crippen LogP contribution >= 0.6 is 11.3 Å². The Bertz CT molecular complexity index is 881. The topological polar surface area (TPSA) is 76.7 Å². The lowest BCUT2D eigenvalue weighted by Gasteiger charge is -2.26. The Morgan fingerprint density at radius 2 is 1.67 bits per heavy atom. The van der Waals surface area contributed by atoms with Gasteiger partial charge in [0.1, 0.15) is 5.70 Å². The predicted molar refractivity (Wildman–Crippen MR) is 121 cm³/mol. The average Bonchev–Trinajstić information content (AvgIpc) is 3.23. The van der Waals surface area contributed by atoms with E-state index in [2.05, 4.69) is 38.3 Å². The lowest BCUT2D eigenvalue weighted by Crippen LogP contribution is -2.45. The van der Waals surface area contributed by atoms with E-state index in [0.717, 1.165) is 4.88 Å². The summed E-state index contributed by atoms with van der Waals surface area (Å²) in [7, 11) is 3.04. The van der Waals surface area contributed by atoms with Crippen LogP contribution in [0.25, 0.3) is 6.08 Å². The standard InChI is InChI=1S/C23H30N2O4S/c1-14(2)21(15(3)4)25-23(27)18(13-17-8-7-11-30-17)24-22(26)16-9-10-19(28-5)20(12-16)29-6/h7-15,21H,1-6H3,(H,24,26)(H,25,27)/b18-13-. The lowest BCUT2D eigenvalue weighted by atomic mass is 9.93. The van der Waals surface area contributed by atoms with Gasteiger partial charge in [0.15, 0.2) is 11.5 Å². The molecule has 7 heteroatoms. The fourth-order valence-corrected chi connectivity index (χ4v) is 3.84. The van der Waals surface area contributed by atoms with E-state index >= 15 is 0 Å². The second-order valence-electron chi connectivity index (χ2n) is 7.58. The number of rotatable bonds is 9. The van der Waals surface area contributed by atoms with Crippen molar-refractivity contribution in [3.63, 3.8) is 0 Å². The van der Waals surface area contributed by atoms with E-state index in [1.807, 2.05) is 17.5 Å². The number of thiophene rings is 1. The molecular weight excluding hydrogens is 400 g/mol. The molecule has 0 fully saturated rings. The number of hydrogen-bond donors (Lipinski definition) is 2. The molecule has 6 nitrogen and oxygen atoms in total. The highest BCUT2D eigenvalue weighted by molar-refractivity contribution is 7.10. The maximum atomic E-state index is 13.0. The van der Waals surface area contributed by atoms with Gasteiger partial charge in [-0.2, -0.15) is 0 Å². The molecule has 0 unspecified atom stereocenters. The molecule has 0 saturated heterocycles. The van der Waals surface area contributed by atoms with Gasteiger partial charge in [0.25, 0.3) is 11.8 Å². The van der Waals surface area contributed by atoms with Crippen LogP contribution in [0.2, 0.25) is 0 Å². The van der Waals surface area contributed by atoms with Crippen LogP contribution < -0.4 is 20.1 Å². The van der Waals surface area contributed by atoms with Crippen LogP contribution in [0.1, 0.15) is 42.9 Å². The molecule has 2 N–H and O–H groups in total. The van der Waals surface area contributed by atoms with Crippen LogP contribution in [0.4, 0.5) is 0 Å². The summed E-state index contributed by atoms with van der Waals surface area (Å²) in [6, 6.07) is 8.64. The van der Waals surface area contributed by atoms with Crippen LogP contribution in [-0.2, 0) is 4.79 Å². The van der Waals surface area contributed by atoms with Crippen LogP contribution in [-0.4, -0.2) is 32.1 Å². The highest BCUT2D eigenvalue weighted by Crippen LogP contribution is 2.27. The summed E-state index contributed by atoms with van der Waals surface area (Å²) < 4.78 is 10.5. The second kappa shape index (κ2) is 10.8. The predicted octanol–water partition coefficient (Wildman–Crippen LogP) is 4.33. The van der Waals surface area contributed by atoms with Crippen molar-refractivity contribution in [2.24, 2.45) is 11.8 Å². The first-order valence-corrected chi connectivity index (χ1v) is 10.7. The number of carbonyl (C=O) groups excluding carboxylic acids is 2. The SMILES string of the molecule is COc1ccc(C(=O)N/C(=C\c2cccs2)C(=O)NC(C(C)C)C(C)C)cc1OC. The molecule has 1 heterocycles. The zero-order valence-corrected chi connectivity index (χ0v) is 19.1. The number of carbonyl (C=O) groups is 2. The third-order valence-electron chi connectivity index (χ3n) is 4.70. The van der Waals surface area contributed by atoms with E-state index in [1.165, 1.54) is 25.6 Å². The minimum atomic E-state index is -0.403. The Morgan fingerprint density at radius 3 is 2.20 bits per heavy atom. The molecule has 1 aromatic heterocycles. The molecule has 0 spiro atoms. The second-order valence-corrected chi connectivity index (χ2v) is 8.56. The van der Waals surface area contributed by atoms with Crippen molar-refractivity contribution in [3.8, 4) is 11.5 Å². The first kappa shape index (κ1) is 23.5. The lowest BCUT2D eigenvalue weighted by molar-refractivity contribution is -0.119. The summed E-state index contributed by atoms with van der Waals surface area (Å²) >= 11 is 1.49. The van der Waals surface area contributed by atoms with Crippen LogP contribution in [0.15, 0.2) is 41.4 Å². The van der Waals surface area contributed by atoms with Crippen LogP contribution in [0, 0.1) is 11.8 Å². The van der Waals surface area contributed by atoms with Crippen molar-refractivity contribution < 1.29 is 19.1 Å². The third kappa shape index (κ3) is 6.10. The van der Waals surface area contributed by atoms with Crippen LogP contribution in [0.3, 0.4) is 0 Å². The van der Waals surface area contributed by atoms with Gasteiger partial charge in [0.2, 0.25) is 0 Å². The summed E-state index contributed by atoms with van der Waals surface area (Å²) in [6.45, 7) is 8.26. The Kier molecular flexibility index (Phi) is 8.47. The summed E-state index contributed by atoms with van der Waals surface area (Å²) in [4.78, 5) is 26.8. The molecule has 0 aliphatic carbocycles. The molecule has 0 aliphatic heterocycles. The average molecular weight is 431 g/mol.